The Morgan fingerprint density at radius 1 is 0.396 bits per heavy atom. The van der Waals surface area contributed by atoms with E-state index in [0.717, 1.165) is 9.79 Å². The van der Waals surface area contributed by atoms with Crippen LogP contribution < -0.4 is 0 Å². The lowest BCUT2D eigenvalue weighted by Gasteiger charge is -2.28. The monoisotopic (exact) mass is 793 g/mol. The van der Waals surface area contributed by atoms with E-state index in [1.165, 1.54) is 139 Å². The van der Waals surface area contributed by atoms with Crippen LogP contribution in [0.3, 0.4) is 0 Å². The highest BCUT2D eigenvalue weighted by atomic mass is 32.2. The molecule has 2 rings (SSSR count). The summed E-state index contributed by atoms with van der Waals surface area (Å²) in [6, 6.07) is 13.0. The quantitative estimate of drug-likeness (QED) is 0.0840. The molecule has 2 aromatic carbocycles. The average molecular weight is 793 g/mol. The Kier molecular flexibility index (Phi) is 31.9. The Bertz CT molecular complexity index is 1000. The van der Waals surface area contributed by atoms with Crippen LogP contribution in [0.1, 0.15) is 179 Å². The van der Waals surface area contributed by atoms with Crippen LogP contribution in [-0.2, 0) is 0 Å². The number of hydrogen-bond acceptors (Lipinski definition) is 3. The molecule has 0 heterocycles. The molecule has 304 valence electrons. The third-order valence-corrected chi connectivity index (χ3v) is 21.5. The van der Waals surface area contributed by atoms with Crippen molar-refractivity contribution in [2.45, 2.75) is 168 Å². The molecule has 0 aromatic heterocycles. The van der Waals surface area contributed by atoms with E-state index in [0.29, 0.717) is 0 Å². The van der Waals surface area contributed by atoms with E-state index in [4.69, 9.17) is 10.2 Å². The van der Waals surface area contributed by atoms with Crippen molar-refractivity contribution in [2.24, 2.45) is 0 Å². The van der Waals surface area contributed by atoms with Gasteiger partial charge in [-0.3, -0.25) is 0 Å². The van der Waals surface area contributed by atoms with E-state index in [1.54, 1.807) is 73.6 Å². The lowest BCUT2D eigenvalue weighted by Crippen LogP contribution is -2.12. The molecule has 0 unspecified atom stereocenters. The van der Waals surface area contributed by atoms with Crippen molar-refractivity contribution in [2.75, 3.05) is 49.3 Å². The highest BCUT2D eigenvalue weighted by Gasteiger charge is 2.35. The normalized spacial score (nSPS) is 11.3. The van der Waals surface area contributed by atoms with Crippen molar-refractivity contribution < 1.29 is 19.8 Å². The van der Waals surface area contributed by atoms with Crippen molar-refractivity contribution in [3.05, 3.63) is 59.7 Å². The zero-order valence-corrected chi connectivity index (χ0v) is 38.2. The number of carboxylic acid groups (broad SMARTS) is 2. The fourth-order valence-corrected chi connectivity index (χ4v) is 18.2. The van der Waals surface area contributed by atoms with E-state index in [1.807, 2.05) is 0 Å². The number of benzene rings is 2. The lowest BCUT2D eigenvalue weighted by molar-refractivity contribution is 0.0686. The first-order valence-corrected chi connectivity index (χ1v) is 27.5. The zero-order valence-electron chi connectivity index (χ0n) is 35.6. The largest absolute Gasteiger partial charge is 0.478 e. The number of aromatic carboxylic acids is 2. The predicted octanol–water partition coefficient (Wildman–Crippen LogP) is 15.6. The fraction of sp³-hybridized carbons (Fsp3) is 0.696. The zero-order chi connectivity index (χ0) is 39.8. The maximum absolute atomic E-state index is 10.7. The first kappa shape index (κ1) is 51.6. The van der Waals surface area contributed by atoms with Gasteiger partial charge in [-0.1, -0.05) is 119 Å². The van der Waals surface area contributed by atoms with Crippen molar-refractivity contribution in [3.8, 4) is 0 Å². The minimum Gasteiger partial charge on any atom is -0.478 e. The van der Waals surface area contributed by atoms with Crippen molar-refractivity contribution >= 4 is 38.2 Å². The van der Waals surface area contributed by atoms with Gasteiger partial charge in [0, 0.05) is 24.3 Å². The summed E-state index contributed by atoms with van der Waals surface area (Å²) in [5, 5.41) is 17.6. The molecule has 4 nitrogen and oxygen atoms in total. The lowest BCUT2D eigenvalue weighted by atomic mass is 10.2. The Labute approximate surface area is 333 Å². The van der Waals surface area contributed by atoms with Crippen LogP contribution in [0.2, 0.25) is 0 Å². The second-order valence-electron chi connectivity index (χ2n) is 15.1. The molecular formula is C46H82O4P2S+2. The number of hydrogen-bond donors (Lipinski definition) is 2. The van der Waals surface area contributed by atoms with Crippen LogP contribution in [0.4, 0.5) is 0 Å². The third kappa shape index (κ3) is 24.0. The van der Waals surface area contributed by atoms with Gasteiger partial charge < -0.3 is 10.2 Å². The highest BCUT2D eigenvalue weighted by molar-refractivity contribution is 7.99. The number of unbranched alkanes of at least 4 members (excludes halogenated alkanes) is 8. The molecule has 0 aliphatic carbocycles. The molecule has 2 aromatic rings. The smallest absolute Gasteiger partial charge is 0.335 e. The van der Waals surface area contributed by atoms with E-state index in [2.05, 4.69) is 55.4 Å². The van der Waals surface area contributed by atoms with Crippen LogP contribution in [0.5, 0.6) is 0 Å². The Morgan fingerprint density at radius 2 is 0.585 bits per heavy atom. The van der Waals surface area contributed by atoms with Crippen molar-refractivity contribution in [3.63, 3.8) is 0 Å². The van der Waals surface area contributed by atoms with Gasteiger partial charge in [0.1, 0.15) is 0 Å². The van der Waals surface area contributed by atoms with Gasteiger partial charge >= 0.3 is 11.9 Å². The number of carbonyl (C=O) groups is 2. The Balaban J connectivity index is 0.000000768. The maximum Gasteiger partial charge on any atom is 0.335 e. The summed E-state index contributed by atoms with van der Waals surface area (Å²) >= 11 is 1.44. The third-order valence-electron chi connectivity index (χ3n) is 10.3. The summed E-state index contributed by atoms with van der Waals surface area (Å²) in [5.41, 5.74) is 0.483. The topological polar surface area (TPSA) is 74.6 Å². The highest BCUT2D eigenvalue weighted by Crippen LogP contribution is 2.62. The van der Waals surface area contributed by atoms with Crippen LogP contribution in [-0.4, -0.2) is 71.4 Å². The molecule has 53 heavy (non-hydrogen) atoms. The van der Waals surface area contributed by atoms with Gasteiger partial charge in [-0.2, -0.15) is 0 Å². The molecule has 7 heteroatoms. The SMILES string of the molecule is CCCC[P+](CCCC)(CCCC)CCCC.CCCC[P+](CCCC)(CCCC)CCCC.O=C(O)c1ccc(Sc2ccc(C(=O)O)cc2)cc1. The maximum atomic E-state index is 10.7. The second kappa shape index (κ2) is 32.8. The summed E-state index contributed by atoms with van der Waals surface area (Å²) in [6.07, 6.45) is 35.9. The molecule has 0 amide bonds. The van der Waals surface area contributed by atoms with Gasteiger partial charge in [0.25, 0.3) is 0 Å². The van der Waals surface area contributed by atoms with E-state index >= 15 is 0 Å². The molecule has 0 spiro atoms. The summed E-state index contributed by atoms with van der Waals surface area (Å²) in [6.45, 7) is 18.8. The minimum absolute atomic E-state index is 0.241. The van der Waals surface area contributed by atoms with Crippen LogP contribution in [0, 0.1) is 0 Å². The second-order valence-corrected chi connectivity index (χ2v) is 25.2. The predicted molar refractivity (Wildman–Crippen MR) is 243 cm³/mol. The van der Waals surface area contributed by atoms with Crippen LogP contribution in [0.15, 0.2) is 58.3 Å². The van der Waals surface area contributed by atoms with Crippen molar-refractivity contribution in [1.82, 2.24) is 0 Å². The summed E-state index contributed by atoms with van der Waals surface area (Å²) < 4.78 is 0. The van der Waals surface area contributed by atoms with Gasteiger partial charge in [-0.15, -0.1) is 0 Å². The molecule has 0 radical (unpaired) electrons. The van der Waals surface area contributed by atoms with E-state index < -0.39 is 26.5 Å². The molecule has 0 aliphatic heterocycles. The Morgan fingerprint density at radius 3 is 0.736 bits per heavy atom. The van der Waals surface area contributed by atoms with Crippen LogP contribution in [0.25, 0.3) is 0 Å². The van der Waals surface area contributed by atoms with Gasteiger partial charge in [-0.05, 0) is 99.9 Å². The summed E-state index contributed by atoms with van der Waals surface area (Å²) in [5.74, 6) is -1.91. The van der Waals surface area contributed by atoms with Gasteiger partial charge in [0.15, 0.2) is 0 Å². The molecule has 0 bridgehead atoms. The standard InChI is InChI=1S/2C16H36P.C14H10O4S/c2*1-5-9-13-17(14-10-6-2,15-11-7-3)16-12-8-4;15-13(16)9-1-5-11(6-2-9)19-12-7-3-10(4-8-12)14(17)18/h2*5-16H2,1-4H3;1-8H,(H,15,16)(H,17,18)/q2*+1;. The Hall–Kier alpha value is -1.41. The molecule has 0 saturated carbocycles. The van der Waals surface area contributed by atoms with E-state index in [9.17, 15) is 9.59 Å². The first-order chi connectivity index (χ1) is 25.5. The molecule has 0 atom stereocenters. The molecule has 0 aliphatic rings. The van der Waals surface area contributed by atoms with Gasteiger partial charge in [-0.25, -0.2) is 9.59 Å². The summed E-state index contributed by atoms with van der Waals surface area (Å²) in [4.78, 5) is 23.2. The van der Waals surface area contributed by atoms with Gasteiger partial charge in [0.05, 0.1) is 60.4 Å². The molecule has 0 fully saturated rings. The number of carboxylic acids is 2. The number of rotatable bonds is 28. The van der Waals surface area contributed by atoms with E-state index in [-0.39, 0.29) is 11.1 Å². The molecular weight excluding hydrogens is 711 g/mol. The van der Waals surface area contributed by atoms with Crippen molar-refractivity contribution in [1.29, 1.82) is 0 Å². The summed E-state index contributed by atoms with van der Waals surface area (Å²) in [7, 11) is -1.12. The average Bonchev–Trinajstić information content (AvgIpc) is 3.17. The molecule has 0 saturated heterocycles. The minimum atomic E-state index is -0.956. The first-order valence-electron chi connectivity index (χ1n) is 21.6. The molecule has 2 N–H and O–H groups in total. The fourth-order valence-electron chi connectivity index (χ4n) is 6.76. The van der Waals surface area contributed by atoms with Gasteiger partial charge in [0.2, 0.25) is 0 Å². The van der Waals surface area contributed by atoms with Crippen LogP contribution >= 0.6 is 26.3 Å².